The summed E-state index contributed by atoms with van der Waals surface area (Å²) in [7, 11) is 0. The second kappa shape index (κ2) is 4.74. The fourth-order valence-corrected chi connectivity index (χ4v) is 1.33. The van der Waals surface area contributed by atoms with Gasteiger partial charge in [0, 0.05) is 6.42 Å². The largest absolute Gasteiger partial charge is 0.370 e. The van der Waals surface area contributed by atoms with Crippen LogP contribution in [0.25, 0.3) is 0 Å². The van der Waals surface area contributed by atoms with Gasteiger partial charge in [-0.25, -0.2) is 4.39 Å². The van der Waals surface area contributed by atoms with Gasteiger partial charge in [0.05, 0.1) is 0 Å². The van der Waals surface area contributed by atoms with E-state index in [0.717, 1.165) is 18.4 Å². The number of primary amides is 1. The van der Waals surface area contributed by atoms with Gasteiger partial charge >= 0.3 is 0 Å². The molecule has 14 heavy (non-hydrogen) atoms. The standard InChI is InChI=1S/C11H14FNO/c1-8-7-9(5-6-10(8)12)3-2-4-11(13)14/h5-7H,2-4H2,1H3,(H2,13,14). The summed E-state index contributed by atoms with van der Waals surface area (Å²) in [6.07, 6.45) is 1.88. The Morgan fingerprint density at radius 1 is 1.50 bits per heavy atom. The van der Waals surface area contributed by atoms with Crippen molar-refractivity contribution in [1.82, 2.24) is 0 Å². The molecule has 0 aliphatic carbocycles. The molecule has 0 heterocycles. The summed E-state index contributed by atoms with van der Waals surface area (Å²) in [4.78, 5) is 10.5. The van der Waals surface area contributed by atoms with Crippen molar-refractivity contribution >= 4 is 5.91 Å². The van der Waals surface area contributed by atoms with Gasteiger partial charge in [-0.2, -0.15) is 0 Å². The maximum Gasteiger partial charge on any atom is 0.217 e. The minimum atomic E-state index is -0.288. The normalized spacial score (nSPS) is 10.1. The zero-order valence-corrected chi connectivity index (χ0v) is 8.22. The number of benzene rings is 1. The van der Waals surface area contributed by atoms with E-state index >= 15 is 0 Å². The van der Waals surface area contributed by atoms with Crippen LogP contribution in [-0.4, -0.2) is 5.91 Å². The predicted octanol–water partition coefficient (Wildman–Crippen LogP) is 1.94. The molecule has 1 amide bonds. The summed E-state index contributed by atoms with van der Waals surface area (Å²) in [5, 5.41) is 0. The molecule has 0 bridgehead atoms. The second-order valence-corrected chi connectivity index (χ2v) is 3.40. The van der Waals surface area contributed by atoms with Crippen molar-refractivity contribution in [3.05, 3.63) is 35.1 Å². The molecule has 1 rings (SSSR count). The third-order valence-electron chi connectivity index (χ3n) is 2.11. The third-order valence-corrected chi connectivity index (χ3v) is 2.11. The number of hydrogen-bond acceptors (Lipinski definition) is 1. The van der Waals surface area contributed by atoms with Crippen LogP contribution in [0.15, 0.2) is 18.2 Å². The fourth-order valence-electron chi connectivity index (χ4n) is 1.33. The summed E-state index contributed by atoms with van der Waals surface area (Å²) in [6.45, 7) is 1.73. The number of nitrogens with two attached hydrogens (primary N) is 1. The Balaban J connectivity index is 2.51. The molecule has 2 nitrogen and oxygen atoms in total. The molecule has 0 spiro atoms. The summed E-state index contributed by atoms with van der Waals surface area (Å²) < 4.78 is 12.9. The summed E-state index contributed by atoms with van der Waals surface area (Å²) in [6, 6.07) is 4.99. The first kappa shape index (κ1) is 10.7. The van der Waals surface area contributed by atoms with E-state index in [1.54, 1.807) is 19.1 Å². The van der Waals surface area contributed by atoms with E-state index in [0.29, 0.717) is 12.0 Å². The predicted molar refractivity (Wildman–Crippen MR) is 53.3 cm³/mol. The first-order valence-electron chi connectivity index (χ1n) is 4.63. The molecule has 0 aromatic heterocycles. The van der Waals surface area contributed by atoms with Crippen LogP contribution in [0.5, 0.6) is 0 Å². The number of rotatable bonds is 4. The van der Waals surface area contributed by atoms with Crippen LogP contribution in [0.1, 0.15) is 24.0 Å². The molecule has 1 aromatic rings. The van der Waals surface area contributed by atoms with Crippen LogP contribution in [0, 0.1) is 12.7 Å². The van der Waals surface area contributed by atoms with Gasteiger partial charge in [0.25, 0.3) is 0 Å². The molecule has 0 saturated carbocycles. The second-order valence-electron chi connectivity index (χ2n) is 3.40. The van der Waals surface area contributed by atoms with E-state index in [4.69, 9.17) is 5.73 Å². The third kappa shape index (κ3) is 3.17. The van der Waals surface area contributed by atoms with Crippen molar-refractivity contribution in [2.24, 2.45) is 5.73 Å². The molecule has 1 aromatic carbocycles. The van der Waals surface area contributed by atoms with Gasteiger partial charge in [-0.1, -0.05) is 12.1 Å². The lowest BCUT2D eigenvalue weighted by molar-refractivity contribution is -0.118. The molecule has 0 aliphatic rings. The lowest BCUT2D eigenvalue weighted by atomic mass is 10.1. The quantitative estimate of drug-likeness (QED) is 0.783. The van der Waals surface area contributed by atoms with E-state index in [2.05, 4.69) is 0 Å². The van der Waals surface area contributed by atoms with Crippen LogP contribution >= 0.6 is 0 Å². The average molecular weight is 195 g/mol. The Bertz CT molecular complexity index is 336. The summed E-state index contributed by atoms with van der Waals surface area (Å²) in [5.41, 5.74) is 6.70. The van der Waals surface area contributed by atoms with Crippen LogP contribution in [0.3, 0.4) is 0 Å². The van der Waals surface area contributed by atoms with Gasteiger partial charge < -0.3 is 5.73 Å². The number of aryl methyl sites for hydroxylation is 2. The highest BCUT2D eigenvalue weighted by Gasteiger charge is 2.00. The van der Waals surface area contributed by atoms with Gasteiger partial charge in [0.2, 0.25) is 5.91 Å². The molecule has 76 valence electrons. The molecule has 0 aliphatic heterocycles. The van der Waals surface area contributed by atoms with Crippen molar-refractivity contribution in [3.8, 4) is 0 Å². The Hall–Kier alpha value is -1.38. The smallest absolute Gasteiger partial charge is 0.217 e. The van der Waals surface area contributed by atoms with Crippen LogP contribution in [-0.2, 0) is 11.2 Å². The van der Waals surface area contributed by atoms with Crippen LogP contribution < -0.4 is 5.73 Å². The molecule has 0 saturated heterocycles. The number of hydrogen-bond donors (Lipinski definition) is 1. The van der Waals surface area contributed by atoms with Crippen LogP contribution in [0.4, 0.5) is 4.39 Å². The van der Waals surface area contributed by atoms with Crippen molar-refractivity contribution < 1.29 is 9.18 Å². The van der Waals surface area contributed by atoms with Crippen molar-refractivity contribution in [2.45, 2.75) is 26.2 Å². The Labute approximate surface area is 82.9 Å². The first-order chi connectivity index (χ1) is 6.59. The van der Waals surface area contributed by atoms with E-state index < -0.39 is 0 Å². The minimum absolute atomic E-state index is 0.191. The Kier molecular flexibility index (Phi) is 3.63. The van der Waals surface area contributed by atoms with Crippen LogP contribution in [0.2, 0.25) is 0 Å². The maximum absolute atomic E-state index is 12.9. The number of carbonyl (C=O) groups is 1. The van der Waals surface area contributed by atoms with Crippen molar-refractivity contribution in [2.75, 3.05) is 0 Å². The van der Waals surface area contributed by atoms with E-state index in [-0.39, 0.29) is 11.7 Å². The Morgan fingerprint density at radius 2 is 2.21 bits per heavy atom. The monoisotopic (exact) mass is 195 g/mol. The van der Waals surface area contributed by atoms with Gasteiger partial charge in [-0.05, 0) is 37.0 Å². The zero-order chi connectivity index (χ0) is 10.6. The zero-order valence-electron chi connectivity index (χ0n) is 8.22. The molecule has 0 radical (unpaired) electrons. The average Bonchev–Trinajstić information content (AvgIpc) is 2.10. The minimum Gasteiger partial charge on any atom is -0.370 e. The lowest BCUT2D eigenvalue weighted by Gasteiger charge is -2.02. The molecule has 0 unspecified atom stereocenters. The maximum atomic E-state index is 12.9. The first-order valence-corrected chi connectivity index (χ1v) is 4.63. The summed E-state index contributed by atoms with van der Waals surface area (Å²) in [5.74, 6) is -0.479. The molecular weight excluding hydrogens is 181 g/mol. The van der Waals surface area contributed by atoms with Gasteiger partial charge in [-0.3, -0.25) is 4.79 Å². The molecule has 0 fully saturated rings. The summed E-state index contributed by atoms with van der Waals surface area (Å²) >= 11 is 0. The highest BCUT2D eigenvalue weighted by Crippen LogP contribution is 2.11. The number of carbonyl (C=O) groups excluding carboxylic acids is 1. The molecular formula is C11H14FNO. The Morgan fingerprint density at radius 3 is 2.79 bits per heavy atom. The van der Waals surface area contributed by atoms with E-state index in [1.165, 1.54) is 6.07 Å². The van der Waals surface area contributed by atoms with E-state index in [1.807, 2.05) is 0 Å². The van der Waals surface area contributed by atoms with Crippen molar-refractivity contribution in [3.63, 3.8) is 0 Å². The van der Waals surface area contributed by atoms with Gasteiger partial charge in [-0.15, -0.1) is 0 Å². The number of amides is 1. The molecule has 0 atom stereocenters. The van der Waals surface area contributed by atoms with Crippen molar-refractivity contribution in [1.29, 1.82) is 0 Å². The lowest BCUT2D eigenvalue weighted by Crippen LogP contribution is -2.10. The molecule has 2 N–H and O–H groups in total. The molecule has 3 heteroatoms. The van der Waals surface area contributed by atoms with E-state index in [9.17, 15) is 9.18 Å². The highest BCUT2D eigenvalue weighted by atomic mass is 19.1. The number of halogens is 1. The fraction of sp³-hybridized carbons (Fsp3) is 0.364. The highest BCUT2D eigenvalue weighted by molar-refractivity contribution is 5.73. The van der Waals surface area contributed by atoms with Gasteiger partial charge in [0.1, 0.15) is 5.82 Å². The SMILES string of the molecule is Cc1cc(CCCC(N)=O)ccc1F. The van der Waals surface area contributed by atoms with Gasteiger partial charge in [0.15, 0.2) is 0 Å². The topological polar surface area (TPSA) is 43.1 Å².